The molecular formula is C6H12ClNS. The molecule has 0 amide bonds. The fourth-order valence-electron chi connectivity index (χ4n) is 0.373. The van der Waals surface area contributed by atoms with Crippen LogP contribution in [0.1, 0.15) is 6.42 Å². The highest BCUT2D eigenvalue weighted by atomic mass is 35.5. The largest absolute Gasteiger partial charge is 0.330 e. The van der Waals surface area contributed by atoms with E-state index < -0.39 is 0 Å². The Morgan fingerprint density at radius 2 is 2.33 bits per heavy atom. The zero-order valence-electron chi connectivity index (χ0n) is 5.35. The van der Waals surface area contributed by atoms with Gasteiger partial charge in [-0.05, 0) is 18.7 Å². The molecular weight excluding hydrogens is 154 g/mol. The van der Waals surface area contributed by atoms with Gasteiger partial charge in [0.1, 0.15) is 0 Å². The molecule has 0 unspecified atom stereocenters. The van der Waals surface area contributed by atoms with Crippen molar-refractivity contribution in [3.8, 4) is 0 Å². The van der Waals surface area contributed by atoms with Crippen LogP contribution in [0.5, 0.6) is 0 Å². The van der Waals surface area contributed by atoms with E-state index in [9.17, 15) is 0 Å². The molecule has 0 aliphatic rings. The molecule has 0 saturated heterocycles. The van der Waals surface area contributed by atoms with Gasteiger partial charge in [-0.2, -0.15) is 11.8 Å². The number of thioether (sulfide) groups is 1. The van der Waals surface area contributed by atoms with Crippen molar-refractivity contribution in [2.75, 3.05) is 18.1 Å². The third-order valence-corrected chi connectivity index (χ3v) is 1.98. The smallest absolute Gasteiger partial charge is 0.0125 e. The molecule has 0 saturated carbocycles. The third-order valence-electron chi connectivity index (χ3n) is 0.796. The lowest BCUT2D eigenvalue weighted by molar-refractivity contribution is 0.944. The summed E-state index contributed by atoms with van der Waals surface area (Å²) in [5.41, 5.74) is 6.84. The van der Waals surface area contributed by atoms with E-state index >= 15 is 0 Å². The van der Waals surface area contributed by atoms with Crippen LogP contribution in [0.15, 0.2) is 11.6 Å². The lowest BCUT2D eigenvalue weighted by atomic mass is 10.5. The summed E-state index contributed by atoms with van der Waals surface area (Å²) in [6.07, 6.45) is 3.03. The summed E-state index contributed by atoms with van der Waals surface area (Å²) in [5.74, 6) is 2.14. The first-order chi connectivity index (χ1) is 4.41. The van der Waals surface area contributed by atoms with Gasteiger partial charge in [0, 0.05) is 11.3 Å². The second-order valence-corrected chi connectivity index (χ2v) is 2.98. The zero-order chi connectivity index (χ0) is 6.95. The Morgan fingerprint density at radius 3 is 2.89 bits per heavy atom. The summed E-state index contributed by atoms with van der Waals surface area (Å²) in [5, 5.41) is 0. The molecule has 0 aromatic rings. The van der Waals surface area contributed by atoms with Crippen molar-refractivity contribution in [1.29, 1.82) is 0 Å². The van der Waals surface area contributed by atoms with Crippen molar-refractivity contribution in [2.24, 2.45) is 5.73 Å². The molecule has 0 aliphatic carbocycles. The molecule has 0 aliphatic heterocycles. The van der Waals surface area contributed by atoms with E-state index in [0.717, 1.165) is 24.5 Å². The predicted molar refractivity (Wildman–Crippen MR) is 46.0 cm³/mol. The van der Waals surface area contributed by atoms with Crippen molar-refractivity contribution >= 4 is 23.4 Å². The quantitative estimate of drug-likeness (QED) is 0.629. The van der Waals surface area contributed by atoms with Crippen LogP contribution in [0.3, 0.4) is 0 Å². The lowest BCUT2D eigenvalue weighted by Crippen LogP contribution is -1.99. The van der Waals surface area contributed by atoms with Crippen LogP contribution in [0.25, 0.3) is 0 Å². The number of nitrogens with two attached hydrogens (primary N) is 1. The average molecular weight is 166 g/mol. The van der Waals surface area contributed by atoms with Crippen LogP contribution < -0.4 is 5.73 Å². The molecule has 0 fully saturated rings. The molecule has 0 spiro atoms. The second-order valence-electron chi connectivity index (χ2n) is 1.58. The second kappa shape index (κ2) is 8.34. The Bertz CT molecular complexity index is 75.5. The van der Waals surface area contributed by atoms with Crippen molar-refractivity contribution in [3.63, 3.8) is 0 Å². The molecule has 0 heterocycles. The van der Waals surface area contributed by atoms with Gasteiger partial charge in [0.25, 0.3) is 0 Å². The van der Waals surface area contributed by atoms with Gasteiger partial charge in [0.2, 0.25) is 0 Å². The first-order valence-corrected chi connectivity index (χ1v) is 4.54. The topological polar surface area (TPSA) is 26.0 Å². The molecule has 1 nitrogen and oxygen atoms in total. The van der Waals surface area contributed by atoms with Crippen LogP contribution in [0, 0.1) is 0 Å². The summed E-state index contributed by atoms with van der Waals surface area (Å²) in [4.78, 5) is 0. The standard InChI is InChI=1S/C6H12ClNS/c7-3-1-5-9-6-2-4-8/h1,3H,2,4-6,8H2/b3-1+. The number of rotatable bonds is 5. The molecule has 0 atom stereocenters. The normalized spacial score (nSPS) is 10.9. The lowest BCUT2D eigenvalue weighted by Gasteiger charge is -1.92. The number of hydrogen-bond donors (Lipinski definition) is 1. The fraction of sp³-hybridized carbons (Fsp3) is 0.667. The molecule has 0 aromatic carbocycles. The van der Waals surface area contributed by atoms with Gasteiger partial charge < -0.3 is 5.73 Å². The highest BCUT2D eigenvalue weighted by molar-refractivity contribution is 7.99. The SMILES string of the molecule is NCCCSC/C=C/Cl. The molecule has 54 valence electrons. The Labute approximate surface area is 65.6 Å². The highest BCUT2D eigenvalue weighted by Crippen LogP contribution is 2.01. The maximum atomic E-state index is 5.30. The molecule has 0 radical (unpaired) electrons. The van der Waals surface area contributed by atoms with E-state index in [0.29, 0.717) is 0 Å². The third kappa shape index (κ3) is 8.34. The summed E-state index contributed by atoms with van der Waals surface area (Å²) in [6.45, 7) is 0.789. The van der Waals surface area contributed by atoms with Crippen molar-refractivity contribution in [2.45, 2.75) is 6.42 Å². The van der Waals surface area contributed by atoms with Crippen molar-refractivity contribution in [3.05, 3.63) is 11.6 Å². The Kier molecular flexibility index (Phi) is 8.66. The minimum Gasteiger partial charge on any atom is -0.330 e. The van der Waals surface area contributed by atoms with Gasteiger partial charge in [0.05, 0.1) is 0 Å². The van der Waals surface area contributed by atoms with Gasteiger partial charge in [-0.1, -0.05) is 17.7 Å². The van der Waals surface area contributed by atoms with Gasteiger partial charge in [-0.3, -0.25) is 0 Å². The maximum absolute atomic E-state index is 5.30. The highest BCUT2D eigenvalue weighted by Gasteiger charge is 1.82. The average Bonchev–Trinajstić information content (AvgIpc) is 1.89. The number of hydrogen-bond acceptors (Lipinski definition) is 2. The summed E-state index contributed by atoms with van der Waals surface area (Å²) >= 11 is 7.15. The van der Waals surface area contributed by atoms with Gasteiger partial charge in [-0.25, -0.2) is 0 Å². The first-order valence-electron chi connectivity index (χ1n) is 2.95. The van der Waals surface area contributed by atoms with Crippen LogP contribution in [-0.4, -0.2) is 18.1 Å². The van der Waals surface area contributed by atoms with E-state index in [1.54, 1.807) is 5.54 Å². The van der Waals surface area contributed by atoms with E-state index in [4.69, 9.17) is 17.3 Å². The van der Waals surface area contributed by atoms with Crippen LogP contribution >= 0.6 is 23.4 Å². The summed E-state index contributed by atoms with van der Waals surface area (Å²) in [6, 6.07) is 0. The molecule has 0 aromatic heterocycles. The van der Waals surface area contributed by atoms with Crippen LogP contribution in [0.4, 0.5) is 0 Å². The Hall–Kier alpha value is 0.340. The van der Waals surface area contributed by atoms with E-state index in [2.05, 4.69) is 0 Å². The predicted octanol–water partition coefficient (Wildman–Crippen LogP) is 1.82. The Morgan fingerprint density at radius 1 is 1.56 bits per heavy atom. The molecule has 2 N–H and O–H groups in total. The summed E-state index contributed by atoms with van der Waals surface area (Å²) < 4.78 is 0. The first kappa shape index (κ1) is 9.34. The van der Waals surface area contributed by atoms with E-state index in [1.165, 1.54) is 0 Å². The molecule has 3 heteroatoms. The van der Waals surface area contributed by atoms with E-state index in [1.807, 2.05) is 17.8 Å². The molecule has 9 heavy (non-hydrogen) atoms. The Balaban J connectivity index is 2.75. The van der Waals surface area contributed by atoms with Crippen LogP contribution in [-0.2, 0) is 0 Å². The van der Waals surface area contributed by atoms with Crippen molar-refractivity contribution < 1.29 is 0 Å². The van der Waals surface area contributed by atoms with Crippen molar-refractivity contribution in [1.82, 2.24) is 0 Å². The molecule has 0 rings (SSSR count). The van der Waals surface area contributed by atoms with Crippen LogP contribution in [0.2, 0.25) is 0 Å². The van der Waals surface area contributed by atoms with E-state index in [-0.39, 0.29) is 0 Å². The molecule has 0 bridgehead atoms. The number of halogens is 1. The minimum atomic E-state index is 0.789. The van der Waals surface area contributed by atoms with Gasteiger partial charge in [-0.15, -0.1) is 0 Å². The zero-order valence-corrected chi connectivity index (χ0v) is 6.92. The summed E-state index contributed by atoms with van der Waals surface area (Å²) in [7, 11) is 0. The van der Waals surface area contributed by atoms with Gasteiger partial charge >= 0.3 is 0 Å². The maximum Gasteiger partial charge on any atom is 0.0125 e. The fourth-order valence-corrected chi connectivity index (χ4v) is 1.34. The monoisotopic (exact) mass is 165 g/mol. The minimum absolute atomic E-state index is 0.789. The van der Waals surface area contributed by atoms with Gasteiger partial charge in [0.15, 0.2) is 0 Å².